The number of aryl methyl sites for hydroxylation is 4. The molecule has 2 aliphatic carbocycles. The number of allylic oxidation sites excluding steroid dienone is 2. The molecule has 300 valence electrons. The summed E-state index contributed by atoms with van der Waals surface area (Å²) < 4.78 is 5.63. The summed E-state index contributed by atoms with van der Waals surface area (Å²) in [6.45, 7) is 18.5. The zero-order valence-electron chi connectivity index (χ0n) is 35.1. The molecule has 9 nitrogen and oxygen atoms in total. The van der Waals surface area contributed by atoms with Gasteiger partial charge in [-0.3, -0.25) is 28.8 Å². The normalized spacial score (nSPS) is 18.9. The maximum Gasteiger partial charge on any atom is 0.307 e. The van der Waals surface area contributed by atoms with Crippen LogP contribution in [0.15, 0.2) is 30.0 Å². The number of ether oxygens (including phenoxy) is 1. The molecule has 2 aromatic carbocycles. The van der Waals surface area contributed by atoms with E-state index in [1.165, 1.54) is 6.92 Å². The summed E-state index contributed by atoms with van der Waals surface area (Å²) in [7, 11) is 0. The molecule has 2 aliphatic heterocycles. The van der Waals surface area contributed by atoms with Crippen molar-refractivity contribution < 1.29 is 33.5 Å². The van der Waals surface area contributed by atoms with Gasteiger partial charge in [0.05, 0.1) is 5.57 Å². The van der Waals surface area contributed by atoms with Crippen LogP contribution < -0.4 is 0 Å². The summed E-state index contributed by atoms with van der Waals surface area (Å²) >= 11 is 0. The SMILES string of the molecule is CC#Cc1cc(C)c(C2=C(OC(C)=O)CC3(CCN(C(C)=O)CC3)CC2=O)c(C)c1.CC#Cc1cc(C)c(C2C(=O)CC3(CCN(C(C)=O)CC3)CC2=O)c(C)c1. The largest absolute Gasteiger partial charge is 0.430 e. The Hall–Kier alpha value is -5.28. The van der Waals surface area contributed by atoms with Gasteiger partial charge in [-0.1, -0.05) is 11.8 Å². The fourth-order valence-corrected chi connectivity index (χ4v) is 9.64. The van der Waals surface area contributed by atoms with Crippen LogP contribution in [-0.2, 0) is 33.5 Å². The highest BCUT2D eigenvalue weighted by Gasteiger charge is 2.48. The molecule has 2 aromatic rings. The third-order valence-corrected chi connectivity index (χ3v) is 12.4. The first-order valence-electron chi connectivity index (χ1n) is 20.0. The number of piperidine rings is 2. The number of ketones is 3. The zero-order valence-corrected chi connectivity index (χ0v) is 35.1. The van der Waals surface area contributed by atoms with Gasteiger partial charge < -0.3 is 14.5 Å². The molecular weight excluding hydrogens is 717 g/mol. The van der Waals surface area contributed by atoms with Crippen molar-refractivity contribution >= 4 is 40.7 Å². The van der Waals surface area contributed by atoms with Crippen LogP contribution in [0.1, 0.15) is 136 Å². The van der Waals surface area contributed by atoms with Gasteiger partial charge in [-0.05, 0) is 136 Å². The van der Waals surface area contributed by atoms with E-state index in [1.54, 1.807) is 27.7 Å². The van der Waals surface area contributed by atoms with Crippen molar-refractivity contribution in [3.05, 3.63) is 74.5 Å². The fourth-order valence-electron chi connectivity index (χ4n) is 9.64. The van der Waals surface area contributed by atoms with Crippen LogP contribution in [0.25, 0.3) is 5.57 Å². The Morgan fingerprint density at radius 3 is 1.42 bits per heavy atom. The summed E-state index contributed by atoms with van der Waals surface area (Å²) in [5.41, 5.74) is 7.35. The van der Waals surface area contributed by atoms with Crippen LogP contribution in [0.4, 0.5) is 0 Å². The summed E-state index contributed by atoms with van der Waals surface area (Å²) in [6.07, 6.45) is 4.76. The molecular formula is C48H56N2O7. The number of nitrogens with zero attached hydrogens (tertiary/aromatic N) is 2. The molecule has 2 saturated heterocycles. The number of hydrogen-bond donors (Lipinski definition) is 0. The second-order valence-corrected chi connectivity index (χ2v) is 16.7. The fraction of sp³-hybridized carbons (Fsp3) is 0.500. The van der Waals surface area contributed by atoms with Crippen LogP contribution in [-0.4, -0.2) is 71.1 Å². The average Bonchev–Trinajstić information content (AvgIpc) is 3.10. The van der Waals surface area contributed by atoms with Crippen molar-refractivity contribution in [2.24, 2.45) is 10.8 Å². The minimum Gasteiger partial charge on any atom is -0.430 e. The smallest absolute Gasteiger partial charge is 0.307 e. The first-order valence-corrected chi connectivity index (χ1v) is 20.0. The Morgan fingerprint density at radius 2 is 1.04 bits per heavy atom. The Morgan fingerprint density at radius 1 is 0.632 bits per heavy atom. The zero-order chi connectivity index (χ0) is 41.8. The highest BCUT2D eigenvalue weighted by atomic mass is 16.5. The number of rotatable bonds is 3. The molecule has 6 rings (SSSR count). The number of esters is 1. The van der Waals surface area contributed by atoms with Gasteiger partial charge >= 0.3 is 5.97 Å². The van der Waals surface area contributed by atoms with Crippen molar-refractivity contribution in [2.75, 3.05) is 26.2 Å². The van der Waals surface area contributed by atoms with E-state index in [0.717, 1.165) is 70.2 Å². The highest BCUT2D eigenvalue weighted by Crippen LogP contribution is 2.49. The van der Waals surface area contributed by atoms with E-state index in [4.69, 9.17) is 4.74 Å². The molecule has 2 amide bonds. The van der Waals surface area contributed by atoms with Gasteiger partial charge in [-0.15, -0.1) is 11.8 Å². The Bertz CT molecular complexity index is 2100. The Labute approximate surface area is 338 Å². The highest BCUT2D eigenvalue weighted by molar-refractivity contribution is 6.23. The number of amides is 2. The second-order valence-electron chi connectivity index (χ2n) is 16.7. The topological polar surface area (TPSA) is 118 Å². The van der Waals surface area contributed by atoms with Crippen molar-refractivity contribution in [3.8, 4) is 23.7 Å². The van der Waals surface area contributed by atoms with Gasteiger partial charge in [0.15, 0.2) is 5.78 Å². The van der Waals surface area contributed by atoms with Gasteiger partial charge in [-0.25, -0.2) is 0 Å². The van der Waals surface area contributed by atoms with Gasteiger partial charge in [0.2, 0.25) is 11.8 Å². The summed E-state index contributed by atoms with van der Waals surface area (Å²) in [4.78, 5) is 78.4. The van der Waals surface area contributed by atoms with Crippen molar-refractivity contribution in [2.45, 2.75) is 120 Å². The lowest BCUT2D eigenvalue weighted by atomic mass is 9.62. The van der Waals surface area contributed by atoms with Gasteiger partial charge in [0, 0.05) is 83.8 Å². The van der Waals surface area contributed by atoms with Crippen LogP contribution in [0.5, 0.6) is 0 Å². The molecule has 57 heavy (non-hydrogen) atoms. The molecule has 0 unspecified atom stereocenters. The van der Waals surface area contributed by atoms with Gasteiger partial charge in [0.25, 0.3) is 0 Å². The molecule has 1 saturated carbocycles. The van der Waals surface area contributed by atoms with Crippen molar-refractivity contribution in [1.29, 1.82) is 0 Å². The van der Waals surface area contributed by atoms with Crippen LogP contribution >= 0.6 is 0 Å². The quantitative estimate of drug-likeness (QED) is 0.183. The predicted molar refractivity (Wildman–Crippen MR) is 220 cm³/mol. The standard InChI is InChI=1S/C25H29NO4.C23H27NO3/c1-6-7-20-12-16(2)23(17(3)13-20)24-21(29)14-25(15-22(24)30-19(5)28)8-10-26(11-9-25)18(4)27;1-5-6-18-11-15(2)21(16(3)12-18)22-19(26)13-23(14-20(22)27)7-9-24(10-8-23)17(4)25/h12-13H,8-11,14-15H2,1-5H3;11-12,22H,7-10,13-14H2,1-4H3. The maximum absolute atomic E-state index is 13.4. The molecule has 0 bridgehead atoms. The van der Waals surface area contributed by atoms with Gasteiger partial charge in [-0.2, -0.15) is 0 Å². The first-order chi connectivity index (χ1) is 26.9. The van der Waals surface area contributed by atoms with Crippen LogP contribution in [0.2, 0.25) is 0 Å². The summed E-state index contributed by atoms with van der Waals surface area (Å²) in [5, 5.41) is 0. The number of carbonyl (C=O) groups is 6. The van der Waals surface area contributed by atoms with Crippen LogP contribution in [0, 0.1) is 62.2 Å². The molecule has 2 spiro atoms. The molecule has 2 heterocycles. The number of hydrogen-bond acceptors (Lipinski definition) is 7. The predicted octanol–water partition coefficient (Wildman–Crippen LogP) is 7.26. The van der Waals surface area contributed by atoms with Crippen molar-refractivity contribution in [3.63, 3.8) is 0 Å². The van der Waals surface area contributed by atoms with Gasteiger partial charge in [0.1, 0.15) is 23.2 Å². The molecule has 0 atom stereocenters. The molecule has 3 fully saturated rings. The summed E-state index contributed by atoms with van der Waals surface area (Å²) in [5.74, 6) is 11.5. The third kappa shape index (κ3) is 9.48. The second kappa shape index (κ2) is 17.5. The van der Waals surface area contributed by atoms with E-state index in [-0.39, 0.29) is 40.0 Å². The van der Waals surface area contributed by atoms with E-state index in [0.29, 0.717) is 63.2 Å². The van der Waals surface area contributed by atoms with E-state index in [1.807, 2.05) is 61.8 Å². The number of Topliss-reactive ketones (excluding diaryl/α,β-unsaturated/α-hetero) is 3. The molecule has 0 aromatic heterocycles. The maximum atomic E-state index is 13.4. The number of carbonyl (C=O) groups excluding carboxylic acids is 6. The minimum absolute atomic E-state index is 0.00861. The molecule has 0 N–H and O–H groups in total. The van der Waals surface area contributed by atoms with Crippen molar-refractivity contribution in [1.82, 2.24) is 9.80 Å². The lowest BCUT2D eigenvalue weighted by molar-refractivity contribution is -0.141. The number of benzene rings is 2. The first kappa shape index (κ1) is 42.9. The Balaban J connectivity index is 0.000000219. The number of likely N-dealkylation sites (tertiary alicyclic amines) is 2. The third-order valence-electron chi connectivity index (χ3n) is 12.4. The molecule has 4 aliphatic rings. The van der Waals surface area contributed by atoms with E-state index in [2.05, 4.69) is 23.7 Å². The van der Waals surface area contributed by atoms with E-state index >= 15 is 0 Å². The summed E-state index contributed by atoms with van der Waals surface area (Å²) in [6, 6.07) is 7.88. The minimum atomic E-state index is -0.648. The van der Waals surface area contributed by atoms with Crippen LogP contribution in [0.3, 0.4) is 0 Å². The molecule has 0 radical (unpaired) electrons. The molecule has 9 heteroatoms. The lowest BCUT2D eigenvalue weighted by Gasteiger charge is -2.44. The monoisotopic (exact) mass is 772 g/mol. The average molecular weight is 773 g/mol. The Kier molecular flexibility index (Phi) is 13.1. The lowest BCUT2D eigenvalue weighted by Crippen LogP contribution is -2.48. The van der Waals surface area contributed by atoms with E-state index < -0.39 is 11.9 Å². The van der Waals surface area contributed by atoms with E-state index in [9.17, 15) is 28.8 Å².